The summed E-state index contributed by atoms with van der Waals surface area (Å²) in [5.74, 6) is 6.40. The fourth-order valence-corrected chi connectivity index (χ4v) is 3.53. The molecule has 0 radical (unpaired) electrons. The second-order valence-corrected chi connectivity index (χ2v) is 7.06. The summed E-state index contributed by atoms with van der Waals surface area (Å²) in [5.41, 5.74) is 7.49. The van der Waals surface area contributed by atoms with Crippen molar-refractivity contribution in [3.05, 3.63) is 62.3 Å². The Morgan fingerprint density at radius 2 is 2.04 bits per heavy atom. The predicted molar refractivity (Wildman–Crippen MR) is 108 cm³/mol. The summed E-state index contributed by atoms with van der Waals surface area (Å²) in [4.78, 5) is 27.9. The number of piperidine rings is 1. The van der Waals surface area contributed by atoms with Gasteiger partial charge in [-0.2, -0.15) is 0 Å². The van der Waals surface area contributed by atoms with Gasteiger partial charge >= 0.3 is 5.69 Å². The van der Waals surface area contributed by atoms with Gasteiger partial charge in [0.05, 0.1) is 13.1 Å². The molecule has 0 saturated carbocycles. The Balaban J connectivity index is 2.06. The third-order valence-electron chi connectivity index (χ3n) is 4.88. The van der Waals surface area contributed by atoms with Crippen LogP contribution in [0.2, 0.25) is 0 Å². The maximum Gasteiger partial charge on any atom is 0.333 e. The number of anilines is 1. The van der Waals surface area contributed by atoms with Crippen LogP contribution in [0.15, 0.2) is 39.9 Å². The van der Waals surface area contributed by atoms with Gasteiger partial charge in [-0.1, -0.05) is 35.7 Å². The second-order valence-electron chi connectivity index (χ2n) is 7.06. The minimum absolute atomic E-state index is 0.0503. The van der Waals surface area contributed by atoms with E-state index >= 15 is 0 Å². The van der Waals surface area contributed by atoms with E-state index in [1.807, 2.05) is 36.1 Å². The lowest BCUT2D eigenvalue weighted by molar-refractivity contribution is 0.491. The third kappa shape index (κ3) is 4.32. The van der Waals surface area contributed by atoms with Crippen molar-refractivity contribution in [3.63, 3.8) is 0 Å². The van der Waals surface area contributed by atoms with E-state index in [0.29, 0.717) is 12.4 Å². The van der Waals surface area contributed by atoms with Crippen molar-refractivity contribution in [2.45, 2.75) is 45.8 Å². The Bertz CT molecular complexity index is 994. The van der Waals surface area contributed by atoms with Gasteiger partial charge in [0, 0.05) is 25.2 Å². The van der Waals surface area contributed by atoms with E-state index in [1.165, 1.54) is 4.57 Å². The van der Waals surface area contributed by atoms with Gasteiger partial charge in [0.25, 0.3) is 5.56 Å². The summed E-state index contributed by atoms with van der Waals surface area (Å²) in [6.45, 7) is 5.66. The molecule has 0 aliphatic carbocycles. The minimum Gasteiger partial charge on any atom is -0.356 e. The smallest absolute Gasteiger partial charge is 0.333 e. The van der Waals surface area contributed by atoms with E-state index in [9.17, 15) is 9.59 Å². The van der Waals surface area contributed by atoms with Crippen molar-refractivity contribution >= 4 is 5.82 Å². The zero-order valence-electron chi connectivity index (χ0n) is 15.9. The quantitative estimate of drug-likeness (QED) is 0.829. The molecule has 0 spiro atoms. The zero-order chi connectivity index (χ0) is 19.4. The van der Waals surface area contributed by atoms with E-state index in [-0.39, 0.29) is 30.4 Å². The van der Waals surface area contributed by atoms with Crippen LogP contribution in [0.1, 0.15) is 30.9 Å². The highest BCUT2D eigenvalue weighted by molar-refractivity contribution is 5.40. The molecule has 0 unspecified atom stereocenters. The molecular weight excluding hydrogens is 340 g/mol. The maximum atomic E-state index is 13.1. The normalized spacial score (nSPS) is 16.7. The second kappa shape index (κ2) is 8.28. The van der Waals surface area contributed by atoms with Gasteiger partial charge in [0.2, 0.25) is 0 Å². The lowest BCUT2D eigenvalue weighted by Crippen LogP contribution is -2.48. The van der Waals surface area contributed by atoms with Gasteiger partial charge in [0.1, 0.15) is 5.82 Å². The molecule has 1 aliphatic rings. The number of aryl methyl sites for hydroxylation is 1. The van der Waals surface area contributed by atoms with Crippen molar-refractivity contribution in [1.82, 2.24) is 9.13 Å². The van der Waals surface area contributed by atoms with Crippen molar-refractivity contribution < 1.29 is 0 Å². The number of hydrogen-bond acceptors (Lipinski definition) is 4. The fraction of sp³-hybridized carbons (Fsp3) is 0.429. The van der Waals surface area contributed by atoms with Crippen molar-refractivity contribution in [3.8, 4) is 11.8 Å². The average Bonchev–Trinajstić information content (AvgIpc) is 2.64. The maximum absolute atomic E-state index is 13.1. The summed E-state index contributed by atoms with van der Waals surface area (Å²) in [7, 11) is 0. The summed E-state index contributed by atoms with van der Waals surface area (Å²) < 4.78 is 2.87. The highest BCUT2D eigenvalue weighted by atomic mass is 16.2. The third-order valence-corrected chi connectivity index (χ3v) is 4.88. The number of nitrogens with zero attached hydrogens (tertiary/aromatic N) is 3. The number of rotatable bonds is 4. The standard InChI is InChI=1S/C21H26N4O2/c1-3-4-11-24-19(23-10-6-9-18(22)15-23)13-20(26)25(21(24)27)14-17-8-5-7-16(2)12-17/h5,7-8,12-13,18H,6,9-11,14-15,22H2,1-2H3/t18-/m1/s1. The molecule has 6 nitrogen and oxygen atoms in total. The fourth-order valence-electron chi connectivity index (χ4n) is 3.53. The number of nitrogens with two attached hydrogens (primary N) is 1. The number of hydrogen-bond donors (Lipinski definition) is 1. The zero-order valence-corrected chi connectivity index (χ0v) is 15.9. The van der Waals surface area contributed by atoms with Crippen LogP contribution in [-0.2, 0) is 13.1 Å². The molecule has 1 aliphatic heterocycles. The Labute approximate surface area is 159 Å². The van der Waals surface area contributed by atoms with Crippen LogP contribution < -0.4 is 21.9 Å². The molecule has 2 N–H and O–H groups in total. The molecule has 1 aromatic carbocycles. The van der Waals surface area contributed by atoms with Gasteiger partial charge in [-0.3, -0.25) is 13.9 Å². The molecule has 1 aromatic heterocycles. The van der Waals surface area contributed by atoms with Gasteiger partial charge in [0.15, 0.2) is 0 Å². The Hall–Kier alpha value is -2.78. The highest BCUT2D eigenvalue weighted by Gasteiger charge is 2.21. The van der Waals surface area contributed by atoms with Crippen LogP contribution in [0.5, 0.6) is 0 Å². The SMILES string of the molecule is CC#CCn1c(N2CCC[C@@H](N)C2)cc(=O)n(Cc2cccc(C)c2)c1=O. The first kappa shape index (κ1) is 19.0. The molecular formula is C21H26N4O2. The van der Waals surface area contributed by atoms with Gasteiger partial charge in [-0.25, -0.2) is 4.79 Å². The summed E-state index contributed by atoms with van der Waals surface area (Å²) in [5, 5.41) is 0. The van der Waals surface area contributed by atoms with E-state index in [4.69, 9.17) is 5.73 Å². The Morgan fingerprint density at radius 1 is 1.22 bits per heavy atom. The number of benzene rings is 1. The van der Waals surface area contributed by atoms with Gasteiger partial charge < -0.3 is 10.6 Å². The largest absolute Gasteiger partial charge is 0.356 e. The molecule has 1 fully saturated rings. The molecule has 142 valence electrons. The predicted octanol–water partition coefficient (Wildman–Crippen LogP) is 1.32. The first-order valence-corrected chi connectivity index (χ1v) is 9.30. The molecule has 2 aromatic rings. The molecule has 3 rings (SSSR count). The van der Waals surface area contributed by atoms with Gasteiger partial charge in [-0.15, -0.1) is 5.92 Å². The van der Waals surface area contributed by atoms with Crippen LogP contribution in [0, 0.1) is 18.8 Å². The average molecular weight is 366 g/mol. The molecule has 0 bridgehead atoms. The lowest BCUT2D eigenvalue weighted by Gasteiger charge is -2.33. The molecule has 2 heterocycles. The Morgan fingerprint density at radius 3 is 2.74 bits per heavy atom. The topological polar surface area (TPSA) is 73.3 Å². The molecule has 27 heavy (non-hydrogen) atoms. The summed E-state index contributed by atoms with van der Waals surface area (Å²) >= 11 is 0. The monoisotopic (exact) mass is 366 g/mol. The van der Waals surface area contributed by atoms with Crippen LogP contribution in [0.3, 0.4) is 0 Å². The van der Waals surface area contributed by atoms with Crippen LogP contribution in [0.4, 0.5) is 5.82 Å². The van der Waals surface area contributed by atoms with Crippen LogP contribution in [-0.4, -0.2) is 28.3 Å². The van der Waals surface area contributed by atoms with Crippen molar-refractivity contribution in [2.24, 2.45) is 5.73 Å². The van der Waals surface area contributed by atoms with Crippen molar-refractivity contribution in [2.75, 3.05) is 18.0 Å². The highest BCUT2D eigenvalue weighted by Crippen LogP contribution is 2.17. The minimum atomic E-state index is -0.332. The lowest BCUT2D eigenvalue weighted by atomic mass is 10.1. The summed E-state index contributed by atoms with van der Waals surface area (Å²) in [6.07, 6.45) is 1.90. The molecule has 0 amide bonds. The first-order chi connectivity index (χ1) is 13.0. The van der Waals surface area contributed by atoms with E-state index < -0.39 is 0 Å². The van der Waals surface area contributed by atoms with Crippen LogP contribution >= 0.6 is 0 Å². The molecule has 1 saturated heterocycles. The first-order valence-electron chi connectivity index (χ1n) is 9.30. The van der Waals surface area contributed by atoms with E-state index in [0.717, 1.165) is 30.5 Å². The number of aromatic nitrogens is 2. The van der Waals surface area contributed by atoms with E-state index in [1.54, 1.807) is 17.6 Å². The molecule has 6 heteroatoms. The summed E-state index contributed by atoms with van der Waals surface area (Å²) in [6, 6.07) is 9.43. The Kier molecular flexibility index (Phi) is 5.82. The van der Waals surface area contributed by atoms with Crippen molar-refractivity contribution in [1.29, 1.82) is 0 Å². The van der Waals surface area contributed by atoms with Gasteiger partial charge in [-0.05, 0) is 32.3 Å². The van der Waals surface area contributed by atoms with E-state index in [2.05, 4.69) is 11.8 Å². The molecule has 1 atom stereocenters. The van der Waals surface area contributed by atoms with Crippen LogP contribution in [0.25, 0.3) is 0 Å².